The zero-order chi connectivity index (χ0) is 15.6. The second kappa shape index (κ2) is 5.90. The lowest BCUT2D eigenvalue weighted by Gasteiger charge is -2.14. The Morgan fingerprint density at radius 3 is 2.38 bits per heavy atom. The Morgan fingerprint density at radius 1 is 1.14 bits per heavy atom. The maximum atomic E-state index is 12.1. The van der Waals surface area contributed by atoms with Gasteiger partial charge in [0.25, 0.3) is 0 Å². The number of imide groups is 2. The van der Waals surface area contributed by atoms with E-state index in [0.717, 1.165) is 11.3 Å². The molecule has 7 nitrogen and oxygen atoms in total. The number of nitrogens with zero attached hydrogens (tertiary/aromatic N) is 3. The summed E-state index contributed by atoms with van der Waals surface area (Å²) >= 11 is 0. The van der Waals surface area contributed by atoms with Gasteiger partial charge in [-0.05, 0) is 18.6 Å². The molecule has 1 aromatic rings. The molecule has 1 aromatic heterocycles. The lowest BCUT2D eigenvalue weighted by atomic mass is 10.2. The predicted octanol–water partition coefficient (Wildman–Crippen LogP) is 0.799. The van der Waals surface area contributed by atoms with Crippen LogP contribution in [0.1, 0.15) is 30.3 Å². The number of urea groups is 1. The minimum absolute atomic E-state index is 0.203. The number of carbonyl (C=O) groups excluding carboxylic acids is 4. The van der Waals surface area contributed by atoms with Gasteiger partial charge in [0.2, 0.25) is 0 Å². The third-order valence-electron chi connectivity index (χ3n) is 3.40. The molecule has 0 unspecified atom stereocenters. The Hall–Kier alpha value is -2.44. The molecular formula is C14H17N3O4. The minimum atomic E-state index is -0.932. The number of aryl methyl sites for hydroxylation is 1. The van der Waals surface area contributed by atoms with Crippen LogP contribution in [0, 0.1) is 0 Å². The normalized spacial score (nSPS) is 15.2. The number of unbranched alkanes of at least 4 members (excludes halogenated alkanes) is 1. The lowest BCUT2D eigenvalue weighted by molar-refractivity contribution is -0.143. The minimum Gasteiger partial charge on any atom is -0.348 e. The first kappa shape index (κ1) is 15.0. The lowest BCUT2D eigenvalue weighted by Crippen LogP contribution is -2.37. The SMILES string of the molecule is CCCCN1C(=O)C(=O)N(CC(=O)c2cccn2C)C1=O. The Balaban J connectivity index is 2.12. The molecule has 1 fully saturated rings. The summed E-state index contributed by atoms with van der Waals surface area (Å²) in [6, 6.07) is 2.59. The summed E-state index contributed by atoms with van der Waals surface area (Å²) < 4.78 is 1.60. The van der Waals surface area contributed by atoms with Gasteiger partial charge in [0.1, 0.15) is 0 Å². The fourth-order valence-corrected chi connectivity index (χ4v) is 2.18. The zero-order valence-corrected chi connectivity index (χ0v) is 12.0. The number of amides is 4. The average molecular weight is 291 g/mol. The van der Waals surface area contributed by atoms with Crippen molar-refractivity contribution in [3.63, 3.8) is 0 Å². The van der Waals surface area contributed by atoms with E-state index in [1.54, 1.807) is 29.9 Å². The van der Waals surface area contributed by atoms with Crippen LogP contribution in [0.25, 0.3) is 0 Å². The van der Waals surface area contributed by atoms with Crippen molar-refractivity contribution in [2.45, 2.75) is 19.8 Å². The second-order valence-corrected chi connectivity index (χ2v) is 4.91. The van der Waals surface area contributed by atoms with Gasteiger partial charge in [0, 0.05) is 19.8 Å². The number of aromatic nitrogens is 1. The van der Waals surface area contributed by atoms with Crippen LogP contribution in [-0.2, 0) is 16.6 Å². The van der Waals surface area contributed by atoms with Gasteiger partial charge in [-0.2, -0.15) is 0 Å². The number of ketones is 1. The van der Waals surface area contributed by atoms with E-state index in [0.29, 0.717) is 17.0 Å². The van der Waals surface area contributed by atoms with E-state index in [-0.39, 0.29) is 12.3 Å². The van der Waals surface area contributed by atoms with Crippen molar-refractivity contribution in [3.05, 3.63) is 24.0 Å². The van der Waals surface area contributed by atoms with Crippen LogP contribution < -0.4 is 0 Å². The molecule has 0 saturated carbocycles. The van der Waals surface area contributed by atoms with Crippen molar-refractivity contribution >= 4 is 23.6 Å². The maximum absolute atomic E-state index is 12.1. The first-order valence-corrected chi connectivity index (χ1v) is 6.79. The van der Waals surface area contributed by atoms with Crippen LogP contribution >= 0.6 is 0 Å². The smallest absolute Gasteiger partial charge is 0.334 e. The van der Waals surface area contributed by atoms with Gasteiger partial charge in [-0.3, -0.25) is 19.3 Å². The fourth-order valence-electron chi connectivity index (χ4n) is 2.18. The first-order valence-electron chi connectivity index (χ1n) is 6.79. The molecule has 1 aliphatic heterocycles. The number of carbonyl (C=O) groups is 4. The Bertz CT molecular complexity index is 605. The average Bonchev–Trinajstić information content (AvgIpc) is 2.96. The van der Waals surface area contributed by atoms with E-state index in [9.17, 15) is 19.2 Å². The maximum Gasteiger partial charge on any atom is 0.334 e. The Labute approximate surface area is 122 Å². The van der Waals surface area contributed by atoms with Crippen molar-refractivity contribution < 1.29 is 19.2 Å². The summed E-state index contributed by atoms with van der Waals surface area (Å²) in [5.74, 6) is -2.17. The van der Waals surface area contributed by atoms with Crippen LogP contribution in [-0.4, -0.2) is 51.1 Å². The highest BCUT2D eigenvalue weighted by molar-refractivity contribution is 6.45. The quantitative estimate of drug-likeness (QED) is 0.441. The van der Waals surface area contributed by atoms with Gasteiger partial charge in [0.15, 0.2) is 5.78 Å². The molecule has 1 aliphatic rings. The molecule has 0 spiro atoms. The molecule has 4 amide bonds. The van der Waals surface area contributed by atoms with Crippen LogP contribution in [0.2, 0.25) is 0 Å². The van der Waals surface area contributed by atoms with Crippen LogP contribution in [0.5, 0.6) is 0 Å². The third kappa shape index (κ3) is 2.72. The van der Waals surface area contributed by atoms with Crippen molar-refractivity contribution in [1.29, 1.82) is 0 Å². The molecule has 0 radical (unpaired) electrons. The summed E-state index contributed by atoms with van der Waals surface area (Å²) in [4.78, 5) is 49.4. The van der Waals surface area contributed by atoms with E-state index in [1.165, 1.54) is 0 Å². The molecule has 0 aliphatic carbocycles. The highest BCUT2D eigenvalue weighted by Crippen LogP contribution is 2.14. The van der Waals surface area contributed by atoms with Gasteiger partial charge in [-0.15, -0.1) is 0 Å². The highest BCUT2D eigenvalue weighted by atomic mass is 16.2. The van der Waals surface area contributed by atoms with Crippen LogP contribution in [0.15, 0.2) is 18.3 Å². The summed E-state index contributed by atoms with van der Waals surface area (Å²) in [6.45, 7) is 1.71. The predicted molar refractivity (Wildman–Crippen MR) is 73.5 cm³/mol. The largest absolute Gasteiger partial charge is 0.348 e. The summed E-state index contributed by atoms with van der Waals surface area (Å²) in [6.07, 6.45) is 3.12. The van der Waals surface area contributed by atoms with Gasteiger partial charge in [-0.25, -0.2) is 9.69 Å². The molecule has 0 bridgehead atoms. The molecule has 0 atom stereocenters. The molecule has 1 saturated heterocycles. The van der Waals surface area contributed by atoms with Crippen LogP contribution in [0.3, 0.4) is 0 Å². The highest BCUT2D eigenvalue weighted by Gasteiger charge is 2.44. The van der Waals surface area contributed by atoms with E-state index in [2.05, 4.69) is 0 Å². The van der Waals surface area contributed by atoms with Crippen molar-refractivity contribution in [2.24, 2.45) is 7.05 Å². The number of rotatable bonds is 6. The zero-order valence-electron chi connectivity index (χ0n) is 12.0. The molecular weight excluding hydrogens is 274 g/mol. The van der Waals surface area contributed by atoms with E-state index >= 15 is 0 Å². The topological polar surface area (TPSA) is 79.7 Å². The van der Waals surface area contributed by atoms with E-state index in [1.807, 2.05) is 6.92 Å². The summed E-state index contributed by atoms with van der Waals surface area (Å²) in [5, 5.41) is 0. The summed E-state index contributed by atoms with van der Waals surface area (Å²) in [5.41, 5.74) is 0.384. The monoisotopic (exact) mass is 291 g/mol. The van der Waals surface area contributed by atoms with E-state index < -0.39 is 24.4 Å². The Kier molecular flexibility index (Phi) is 4.21. The molecule has 0 N–H and O–H groups in total. The van der Waals surface area contributed by atoms with Gasteiger partial charge in [0.05, 0.1) is 12.2 Å². The van der Waals surface area contributed by atoms with Crippen molar-refractivity contribution in [1.82, 2.24) is 14.4 Å². The number of hydrogen-bond acceptors (Lipinski definition) is 4. The molecule has 0 aromatic carbocycles. The molecule has 2 rings (SSSR count). The van der Waals surface area contributed by atoms with E-state index in [4.69, 9.17) is 0 Å². The third-order valence-corrected chi connectivity index (χ3v) is 3.40. The molecule has 112 valence electrons. The molecule has 21 heavy (non-hydrogen) atoms. The fraction of sp³-hybridized carbons (Fsp3) is 0.429. The van der Waals surface area contributed by atoms with Gasteiger partial charge >= 0.3 is 17.8 Å². The first-order chi connectivity index (χ1) is 9.97. The second-order valence-electron chi connectivity index (χ2n) is 4.91. The number of Topliss-reactive ketones (excluding diaryl/α,β-unsaturated/α-hetero) is 1. The van der Waals surface area contributed by atoms with Crippen molar-refractivity contribution in [2.75, 3.05) is 13.1 Å². The molecule has 2 heterocycles. The summed E-state index contributed by atoms with van der Waals surface area (Å²) in [7, 11) is 1.69. The molecule has 7 heteroatoms. The Morgan fingerprint density at radius 2 is 1.81 bits per heavy atom. The van der Waals surface area contributed by atoms with Crippen molar-refractivity contribution in [3.8, 4) is 0 Å². The van der Waals surface area contributed by atoms with Crippen LogP contribution in [0.4, 0.5) is 4.79 Å². The standard InChI is InChI=1S/C14H17N3O4/c1-3-4-8-16-12(19)13(20)17(14(16)21)9-11(18)10-6-5-7-15(10)2/h5-7H,3-4,8-9H2,1-2H3. The number of hydrogen-bond donors (Lipinski definition) is 0. The van der Waals surface area contributed by atoms with Gasteiger partial charge < -0.3 is 4.57 Å². The van der Waals surface area contributed by atoms with Gasteiger partial charge in [-0.1, -0.05) is 13.3 Å².